The number of carbonyl (C=O) groups is 1. The van der Waals surface area contributed by atoms with Crippen LogP contribution in [0.2, 0.25) is 0 Å². The van der Waals surface area contributed by atoms with Gasteiger partial charge in [0, 0.05) is 0 Å². The zero-order chi connectivity index (χ0) is 15.2. The van der Waals surface area contributed by atoms with Gasteiger partial charge in [-0.2, -0.15) is 0 Å². The molecule has 1 aromatic rings. The van der Waals surface area contributed by atoms with Crippen LogP contribution in [0.15, 0.2) is 24.3 Å². The summed E-state index contributed by atoms with van der Waals surface area (Å²) < 4.78 is 10.7. The Balaban J connectivity index is 2.26. The van der Waals surface area contributed by atoms with Gasteiger partial charge in [0.25, 0.3) is 0 Å². The molecule has 0 radical (unpaired) electrons. The summed E-state index contributed by atoms with van der Waals surface area (Å²) in [5, 5.41) is 2.65. The lowest BCUT2D eigenvalue weighted by atomic mass is 10.0. The second-order valence-corrected chi connectivity index (χ2v) is 6.00. The smallest absolute Gasteiger partial charge is 0.407 e. The van der Waals surface area contributed by atoms with Crippen LogP contribution in [0, 0.1) is 0 Å². The van der Waals surface area contributed by atoms with Crippen molar-refractivity contribution < 1.29 is 14.3 Å². The Labute approximate surface area is 121 Å². The SMILES string of the molecule is CC(C)c1ccc(OCCNC(=O)OC(C)(C)C)cc1. The van der Waals surface area contributed by atoms with Crippen molar-refractivity contribution in [3.8, 4) is 5.75 Å². The Morgan fingerprint density at radius 1 is 1.20 bits per heavy atom. The third-order valence-electron chi connectivity index (χ3n) is 2.59. The number of rotatable bonds is 5. The molecule has 0 atom stereocenters. The summed E-state index contributed by atoms with van der Waals surface area (Å²) in [5.74, 6) is 1.32. The first-order chi connectivity index (χ1) is 9.28. The quantitative estimate of drug-likeness (QED) is 0.836. The number of hydrogen-bond acceptors (Lipinski definition) is 3. The lowest BCUT2D eigenvalue weighted by Gasteiger charge is -2.19. The summed E-state index contributed by atoms with van der Waals surface area (Å²) in [5.41, 5.74) is 0.807. The van der Waals surface area contributed by atoms with Gasteiger partial charge in [-0.25, -0.2) is 4.79 Å². The van der Waals surface area contributed by atoms with Crippen LogP contribution in [0.4, 0.5) is 4.79 Å². The molecule has 0 aliphatic heterocycles. The number of ether oxygens (including phenoxy) is 2. The van der Waals surface area contributed by atoms with Gasteiger partial charge in [-0.05, 0) is 44.4 Å². The van der Waals surface area contributed by atoms with Gasteiger partial charge in [-0.15, -0.1) is 0 Å². The Hall–Kier alpha value is -1.71. The molecule has 112 valence electrons. The van der Waals surface area contributed by atoms with E-state index in [0.29, 0.717) is 19.1 Å². The average Bonchev–Trinajstić information content (AvgIpc) is 2.33. The summed E-state index contributed by atoms with van der Waals surface area (Å²) in [4.78, 5) is 11.4. The molecular weight excluding hydrogens is 254 g/mol. The van der Waals surface area contributed by atoms with Gasteiger partial charge >= 0.3 is 6.09 Å². The van der Waals surface area contributed by atoms with Crippen LogP contribution < -0.4 is 10.1 Å². The van der Waals surface area contributed by atoms with E-state index >= 15 is 0 Å². The van der Waals surface area contributed by atoms with Crippen molar-refractivity contribution in [3.63, 3.8) is 0 Å². The summed E-state index contributed by atoms with van der Waals surface area (Å²) in [7, 11) is 0. The summed E-state index contributed by atoms with van der Waals surface area (Å²) >= 11 is 0. The molecule has 0 aliphatic rings. The molecule has 0 bridgehead atoms. The molecule has 20 heavy (non-hydrogen) atoms. The maximum atomic E-state index is 11.4. The predicted molar refractivity (Wildman–Crippen MR) is 80.3 cm³/mol. The third kappa shape index (κ3) is 6.45. The van der Waals surface area contributed by atoms with Gasteiger partial charge in [0.05, 0.1) is 6.54 Å². The van der Waals surface area contributed by atoms with E-state index in [2.05, 4.69) is 31.3 Å². The molecule has 0 heterocycles. The first-order valence-electron chi connectivity index (χ1n) is 6.97. The molecule has 0 unspecified atom stereocenters. The molecule has 0 fully saturated rings. The van der Waals surface area contributed by atoms with Crippen molar-refractivity contribution in [2.45, 2.75) is 46.1 Å². The number of carbonyl (C=O) groups excluding carboxylic acids is 1. The Morgan fingerprint density at radius 2 is 1.80 bits per heavy atom. The monoisotopic (exact) mass is 279 g/mol. The van der Waals surface area contributed by atoms with E-state index in [-0.39, 0.29) is 0 Å². The maximum Gasteiger partial charge on any atom is 0.407 e. The fourth-order valence-electron chi connectivity index (χ4n) is 1.59. The zero-order valence-corrected chi connectivity index (χ0v) is 13.0. The standard InChI is InChI=1S/C16H25NO3/c1-12(2)13-6-8-14(9-7-13)19-11-10-17-15(18)20-16(3,4)5/h6-9,12H,10-11H2,1-5H3,(H,17,18). The maximum absolute atomic E-state index is 11.4. The zero-order valence-electron chi connectivity index (χ0n) is 13.0. The van der Waals surface area contributed by atoms with Gasteiger partial charge in [0.1, 0.15) is 18.0 Å². The van der Waals surface area contributed by atoms with Gasteiger partial charge in [0.2, 0.25) is 0 Å². The van der Waals surface area contributed by atoms with Gasteiger partial charge < -0.3 is 14.8 Å². The Kier molecular flexibility index (Phi) is 5.86. The van der Waals surface area contributed by atoms with E-state index in [1.54, 1.807) is 0 Å². The predicted octanol–water partition coefficient (Wildman–Crippen LogP) is 3.71. The van der Waals surface area contributed by atoms with Crippen LogP contribution in [0.1, 0.15) is 46.1 Å². The molecule has 1 rings (SSSR count). The van der Waals surface area contributed by atoms with Gasteiger partial charge in [-0.1, -0.05) is 26.0 Å². The minimum absolute atomic E-state index is 0.417. The van der Waals surface area contributed by atoms with E-state index in [9.17, 15) is 4.79 Å². The largest absolute Gasteiger partial charge is 0.492 e. The Bertz CT molecular complexity index is 418. The van der Waals surface area contributed by atoms with E-state index in [1.807, 2.05) is 32.9 Å². The summed E-state index contributed by atoms with van der Waals surface area (Å²) in [6.45, 7) is 10.6. The molecule has 0 aromatic heterocycles. The molecule has 4 heteroatoms. The fraction of sp³-hybridized carbons (Fsp3) is 0.562. The van der Waals surface area contributed by atoms with Gasteiger partial charge in [-0.3, -0.25) is 0 Å². The molecule has 0 saturated heterocycles. The number of nitrogens with one attached hydrogen (secondary N) is 1. The highest BCUT2D eigenvalue weighted by Gasteiger charge is 2.15. The fourth-order valence-corrected chi connectivity index (χ4v) is 1.59. The average molecular weight is 279 g/mol. The van der Waals surface area contributed by atoms with Gasteiger partial charge in [0.15, 0.2) is 0 Å². The van der Waals surface area contributed by atoms with E-state index in [0.717, 1.165) is 5.75 Å². The Morgan fingerprint density at radius 3 is 2.30 bits per heavy atom. The van der Waals surface area contributed by atoms with Crippen molar-refractivity contribution in [2.24, 2.45) is 0 Å². The number of benzene rings is 1. The summed E-state index contributed by atoms with van der Waals surface area (Å²) in [6.07, 6.45) is -0.420. The van der Waals surface area contributed by atoms with Crippen molar-refractivity contribution in [1.82, 2.24) is 5.32 Å². The normalized spacial score (nSPS) is 11.3. The minimum Gasteiger partial charge on any atom is -0.492 e. The van der Waals surface area contributed by atoms with Crippen molar-refractivity contribution in [1.29, 1.82) is 0 Å². The number of amides is 1. The molecule has 0 spiro atoms. The lowest BCUT2D eigenvalue weighted by Crippen LogP contribution is -2.34. The molecule has 1 amide bonds. The van der Waals surface area contributed by atoms with Crippen LogP contribution >= 0.6 is 0 Å². The molecule has 0 aliphatic carbocycles. The van der Waals surface area contributed by atoms with Crippen LogP contribution in [0.25, 0.3) is 0 Å². The number of hydrogen-bond donors (Lipinski definition) is 1. The molecule has 1 aromatic carbocycles. The van der Waals surface area contributed by atoms with E-state index in [4.69, 9.17) is 9.47 Å². The molecule has 4 nitrogen and oxygen atoms in total. The summed E-state index contributed by atoms with van der Waals surface area (Å²) in [6, 6.07) is 8.01. The highest BCUT2D eigenvalue weighted by molar-refractivity contribution is 5.67. The van der Waals surface area contributed by atoms with Crippen molar-refractivity contribution >= 4 is 6.09 Å². The van der Waals surface area contributed by atoms with Crippen LogP contribution in [0.3, 0.4) is 0 Å². The lowest BCUT2D eigenvalue weighted by molar-refractivity contribution is 0.0520. The molecular formula is C16H25NO3. The van der Waals surface area contributed by atoms with Crippen molar-refractivity contribution in [2.75, 3.05) is 13.2 Å². The molecule has 0 saturated carbocycles. The number of alkyl carbamates (subject to hydrolysis) is 1. The minimum atomic E-state index is -0.475. The second kappa shape index (κ2) is 7.17. The van der Waals surface area contributed by atoms with E-state index in [1.165, 1.54) is 5.56 Å². The van der Waals surface area contributed by atoms with Crippen LogP contribution in [-0.2, 0) is 4.74 Å². The van der Waals surface area contributed by atoms with E-state index < -0.39 is 11.7 Å². The van der Waals surface area contributed by atoms with Crippen LogP contribution in [0.5, 0.6) is 5.75 Å². The van der Waals surface area contributed by atoms with Crippen molar-refractivity contribution in [3.05, 3.63) is 29.8 Å². The van der Waals surface area contributed by atoms with Crippen LogP contribution in [-0.4, -0.2) is 24.8 Å². The first-order valence-corrected chi connectivity index (χ1v) is 6.97. The molecule has 1 N–H and O–H groups in total. The highest BCUT2D eigenvalue weighted by atomic mass is 16.6. The second-order valence-electron chi connectivity index (χ2n) is 6.00. The topological polar surface area (TPSA) is 47.6 Å². The third-order valence-corrected chi connectivity index (χ3v) is 2.59. The highest BCUT2D eigenvalue weighted by Crippen LogP contribution is 2.18. The first kappa shape index (κ1) is 16.3.